The van der Waals surface area contributed by atoms with Gasteiger partial charge in [-0.15, -0.1) is 0 Å². The molecule has 2 N–H and O–H groups in total. The summed E-state index contributed by atoms with van der Waals surface area (Å²) in [4.78, 5) is 0. The number of nitriles is 1. The number of nitrogens with zero attached hydrogens (tertiary/aromatic N) is 1. The first-order chi connectivity index (χ1) is 7.56. The maximum Gasteiger partial charge on any atom is 0.0992 e. The molecule has 3 nitrogen and oxygen atoms in total. The highest BCUT2D eigenvalue weighted by Crippen LogP contribution is 2.21. The van der Waals surface area contributed by atoms with Crippen molar-refractivity contribution in [3.05, 3.63) is 28.2 Å². The molecule has 0 amide bonds. The minimum absolute atomic E-state index is 0.000780. The third-order valence-electron chi connectivity index (χ3n) is 2.38. The van der Waals surface area contributed by atoms with Crippen LogP contribution in [0.15, 0.2) is 22.7 Å². The van der Waals surface area contributed by atoms with E-state index in [0.29, 0.717) is 11.5 Å². The van der Waals surface area contributed by atoms with Gasteiger partial charge in [0.25, 0.3) is 0 Å². The molecule has 0 spiro atoms. The lowest BCUT2D eigenvalue weighted by Gasteiger charge is -2.21. The van der Waals surface area contributed by atoms with Crippen molar-refractivity contribution in [1.29, 1.82) is 5.26 Å². The molecule has 0 bridgehead atoms. The van der Waals surface area contributed by atoms with E-state index in [1.807, 2.05) is 19.9 Å². The van der Waals surface area contributed by atoms with E-state index in [9.17, 15) is 5.11 Å². The SMILES string of the molecule is CC(C)C(CO)Nc1cc(Br)cc(C#N)c1. The zero-order valence-corrected chi connectivity index (χ0v) is 11.0. The molecule has 4 heteroatoms. The van der Waals surface area contributed by atoms with Gasteiger partial charge in [-0.05, 0) is 24.1 Å². The largest absolute Gasteiger partial charge is 0.394 e. The Labute approximate surface area is 104 Å². The van der Waals surface area contributed by atoms with Crippen molar-refractivity contribution in [2.45, 2.75) is 19.9 Å². The number of aliphatic hydroxyl groups is 1. The van der Waals surface area contributed by atoms with Crippen LogP contribution in [0.2, 0.25) is 0 Å². The predicted octanol–water partition coefficient (Wildman–Crippen LogP) is 2.75. The highest BCUT2D eigenvalue weighted by Gasteiger charge is 2.12. The van der Waals surface area contributed by atoms with E-state index >= 15 is 0 Å². The number of aliphatic hydroxyl groups excluding tert-OH is 1. The normalized spacial score (nSPS) is 12.2. The van der Waals surface area contributed by atoms with Crippen LogP contribution in [0, 0.1) is 17.2 Å². The molecule has 0 aliphatic heterocycles. The summed E-state index contributed by atoms with van der Waals surface area (Å²) in [6.07, 6.45) is 0. The Hall–Kier alpha value is -1.05. The molecule has 86 valence electrons. The molecule has 0 aromatic heterocycles. The van der Waals surface area contributed by atoms with Crippen molar-refractivity contribution in [2.75, 3.05) is 11.9 Å². The highest BCUT2D eigenvalue weighted by molar-refractivity contribution is 9.10. The van der Waals surface area contributed by atoms with Crippen LogP contribution in [0.3, 0.4) is 0 Å². The Morgan fingerprint density at radius 3 is 2.62 bits per heavy atom. The number of hydrogen-bond acceptors (Lipinski definition) is 3. The van der Waals surface area contributed by atoms with E-state index in [1.54, 1.807) is 12.1 Å². The number of anilines is 1. The van der Waals surface area contributed by atoms with Crippen LogP contribution in [0.4, 0.5) is 5.69 Å². The minimum Gasteiger partial charge on any atom is -0.394 e. The summed E-state index contributed by atoms with van der Waals surface area (Å²) in [5.74, 6) is 0.328. The smallest absolute Gasteiger partial charge is 0.0992 e. The number of benzene rings is 1. The van der Waals surface area contributed by atoms with Crippen molar-refractivity contribution in [3.8, 4) is 6.07 Å². The van der Waals surface area contributed by atoms with Crippen molar-refractivity contribution < 1.29 is 5.11 Å². The first kappa shape index (κ1) is 13.0. The summed E-state index contributed by atoms with van der Waals surface area (Å²) in [7, 11) is 0. The van der Waals surface area contributed by atoms with Crippen LogP contribution in [0.1, 0.15) is 19.4 Å². The molecule has 0 aliphatic rings. The molecule has 1 rings (SSSR count). The highest BCUT2D eigenvalue weighted by atomic mass is 79.9. The molecule has 0 saturated carbocycles. The minimum atomic E-state index is 0.000780. The number of nitrogens with one attached hydrogen (secondary N) is 1. The van der Waals surface area contributed by atoms with Gasteiger partial charge in [-0.1, -0.05) is 29.8 Å². The summed E-state index contributed by atoms with van der Waals surface area (Å²) in [6, 6.07) is 7.52. The van der Waals surface area contributed by atoms with Crippen LogP contribution in [0.25, 0.3) is 0 Å². The topological polar surface area (TPSA) is 56.0 Å². The lowest BCUT2D eigenvalue weighted by atomic mass is 10.0. The average Bonchev–Trinajstić information content (AvgIpc) is 2.24. The predicted molar refractivity (Wildman–Crippen MR) is 68.2 cm³/mol. The summed E-state index contributed by atoms with van der Waals surface area (Å²) >= 11 is 3.35. The van der Waals surface area contributed by atoms with Gasteiger partial charge in [0.2, 0.25) is 0 Å². The molecule has 0 fully saturated rings. The van der Waals surface area contributed by atoms with Crippen LogP contribution in [-0.4, -0.2) is 17.8 Å². The molecule has 1 aromatic carbocycles. The average molecular weight is 283 g/mol. The van der Waals surface area contributed by atoms with Gasteiger partial charge in [-0.25, -0.2) is 0 Å². The van der Waals surface area contributed by atoms with E-state index in [-0.39, 0.29) is 12.6 Å². The van der Waals surface area contributed by atoms with E-state index in [1.165, 1.54) is 0 Å². The molecule has 1 unspecified atom stereocenters. The van der Waals surface area contributed by atoms with Gasteiger partial charge in [0.15, 0.2) is 0 Å². The number of hydrogen-bond donors (Lipinski definition) is 2. The summed E-state index contributed by atoms with van der Waals surface area (Å²) in [5.41, 5.74) is 1.44. The maximum absolute atomic E-state index is 9.21. The van der Waals surface area contributed by atoms with Crippen molar-refractivity contribution in [3.63, 3.8) is 0 Å². The molecule has 0 heterocycles. The van der Waals surface area contributed by atoms with Crippen molar-refractivity contribution in [1.82, 2.24) is 0 Å². The number of rotatable bonds is 4. The molecular weight excluding hydrogens is 268 g/mol. The van der Waals surface area contributed by atoms with E-state index in [0.717, 1.165) is 10.2 Å². The Morgan fingerprint density at radius 2 is 2.12 bits per heavy atom. The van der Waals surface area contributed by atoms with Gasteiger partial charge in [-0.2, -0.15) is 5.26 Å². The summed E-state index contributed by atoms with van der Waals surface area (Å²) in [6.45, 7) is 4.15. The Bertz CT molecular complexity index is 398. The van der Waals surface area contributed by atoms with Gasteiger partial charge < -0.3 is 10.4 Å². The molecule has 1 atom stereocenters. The third kappa shape index (κ3) is 3.51. The Kier molecular flexibility index (Phi) is 4.78. The molecular formula is C12H15BrN2O. The van der Waals surface area contributed by atoms with Gasteiger partial charge in [0, 0.05) is 10.2 Å². The Balaban J connectivity index is 2.88. The lowest BCUT2D eigenvalue weighted by Crippen LogP contribution is -2.29. The van der Waals surface area contributed by atoms with E-state index < -0.39 is 0 Å². The zero-order valence-electron chi connectivity index (χ0n) is 9.37. The molecule has 0 saturated heterocycles. The second-order valence-corrected chi connectivity index (χ2v) is 4.93. The molecule has 16 heavy (non-hydrogen) atoms. The molecule has 0 radical (unpaired) electrons. The fraction of sp³-hybridized carbons (Fsp3) is 0.417. The summed E-state index contributed by atoms with van der Waals surface area (Å²) in [5, 5.41) is 21.3. The Morgan fingerprint density at radius 1 is 1.44 bits per heavy atom. The van der Waals surface area contributed by atoms with Crippen LogP contribution in [0.5, 0.6) is 0 Å². The van der Waals surface area contributed by atoms with E-state index in [2.05, 4.69) is 27.3 Å². The first-order valence-corrected chi connectivity index (χ1v) is 5.94. The number of halogens is 1. The molecule has 0 aliphatic carbocycles. The lowest BCUT2D eigenvalue weighted by molar-refractivity contribution is 0.249. The standard InChI is InChI=1S/C12H15BrN2O/c1-8(2)12(7-16)15-11-4-9(6-14)3-10(13)5-11/h3-5,8,12,15-16H,7H2,1-2H3. The van der Waals surface area contributed by atoms with Crippen LogP contribution in [-0.2, 0) is 0 Å². The van der Waals surface area contributed by atoms with E-state index in [4.69, 9.17) is 5.26 Å². The van der Waals surface area contributed by atoms with Gasteiger partial charge in [-0.3, -0.25) is 0 Å². The van der Waals surface area contributed by atoms with Gasteiger partial charge >= 0.3 is 0 Å². The molecule has 1 aromatic rings. The third-order valence-corrected chi connectivity index (χ3v) is 2.84. The van der Waals surface area contributed by atoms with Crippen LogP contribution < -0.4 is 5.32 Å². The first-order valence-electron chi connectivity index (χ1n) is 5.15. The second kappa shape index (κ2) is 5.88. The fourth-order valence-corrected chi connectivity index (χ4v) is 1.87. The van der Waals surface area contributed by atoms with Gasteiger partial charge in [0.1, 0.15) is 0 Å². The second-order valence-electron chi connectivity index (χ2n) is 4.02. The van der Waals surface area contributed by atoms with Crippen LogP contribution >= 0.6 is 15.9 Å². The summed E-state index contributed by atoms with van der Waals surface area (Å²) < 4.78 is 0.856. The fourth-order valence-electron chi connectivity index (χ4n) is 1.37. The van der Waals surface area contributed by atoms with Gasteiger partial charge in [0.05, 0.1) is 24.3 Å². The monoisotopic (exact) mass is 282 g/mol. The van der Waals surface area contributed by atoms with Crippen molar-refractivity contribution in [2.24, 2.45) is 5.92 Å². The van der Waals surface area contributed by atoms with Crippen molar-refractivity contribution >= 4 is 21.6 Å². The maximum atomic E-state index is 9.21. The zero-order chi connectivity index (χ0) is 12.1. The quantitative estimate of drug-likeness (QED) is 0.893.